The number of aliphatic carboxylic acids is 3. The standard InChI is InChI=1S/C11H18N2O6.C2HF3O2/c1-5(2)9(11(18)19)13-10(17)7(4-8(15)16)12-6(3)14;3-2(4,5)1(6)7/h5,7,9H,4H2,1-3H3,(H,12,14)(H,13,17)(H,15,16)(H,18,19);(H,6,7)/t7-,9-;/m0./s1. The van der Waals surface area contributed by atoms with E-state index in [0.717, 1.165) is 6.92 Å². The highest BCUT2D eigenvalue weighted by atomic mass is 19.4. The quantitative estimate of drug-likeness (QED) is 0.400. The molecule has 0 rings (SSSR count). The third kappa shape index (κ3) is 11.6. The van der Waals surface area contributed by atoms with Crippen molar-refractivity contribution in [1.29, 1.82) is 0 Å². The van der Waals surface area contributed by atoms with Gasteiger partial charge < -0.3 is 26.0 Å². The maximum atomic E-state index is 11.8. The molecule has 0 aliphatic heterocycles. The minimum atomic E-state index is -5.08. The third-order valence-corrected chi connectivity index (χ3v) is 2.55. The molecular formula is C13H19F3N2O8. The Bertz CT molecular complexity index is 532. The van der Waals surface area contributed by atoms with Gasteiger partial charge >= 0.3 is 24.1 Å². The van der Waals surface area contributed by atoms with E-state index in [1.165, 1.54) is 0 Å². The fraction of sp³-hybridized carbons (Fsp3) is 0.615. The summed E-state index contributed by atoms with van der Waals surface area (Å²) in [6.45, 7) is 4.34. The largest absolute Gasteiger partial charge is 0.490 e. The first-order chi connectivity index (χ1) is 11.6. The lowest BCUT2D eigenvalue weighted by molar-refractivity contribution is -0.192. The van der Waals surface area contributed by atoms with Gasteiger partial charge in [-0.2, -0.15) is 13.2 Å². The molecule has 0 bridgehead atoms. The molecule has 0 aliphatic carbocycles. The van der Waals surface area contributed by atoms with E-state index in [-0.39, 0.29) is 5.92 Å². The lowest BCUT2D eigenvalue weighted by Gasteiger charge is -2.22. The molecule has 0 aliphatic rings. The van der Waals surface area contributed by atoms with E-state index in [1.54, 1.807) is 13.8 Å². The molecule has 0 aromatic heterocycles. The lowest BCUT2D eigenvalue weighted by Crippen LogP contribution is -2.53. The predicted molar refractivity (Wildman–Crippen MR) is 78.0 cm³/mol. The number of alkyl halides is 3. The Kier molecular flexibility index (Phi) is 10.6. The van der Waals surface area contributed by atoms with Crippen molar-refractivity contribution in [2.24, 2.45) is 5.92 Å². The zero-order chi connectivity index (χ0) is 21.2. The van der Waals surface area contributed by atoms with E-state index in [4.69, 9.17) is 20.1 Å². The third-order valence-electron chi connectivity index (χ3n) is 2.55. The van der Waals surface area contributed by atoms with Crippen molar-refractivity contribution in [3.05, 3.63) is 0 Å². The second kappa shape index (κ2) is 10.9. The van der Waals surface area contributed by atoms with Gasteiger partial charge in [0.2, 0.25) is 11.8 Å². The molecule has 13 heteroatoms. The highest BCUT2D eigenvalue weighted by molar-refractivity contribution is 5.92. The van der Waals surface area contributed by atoms with Crippen LogP contribution < -0.4 is 10.6 Å². The van der Waals surface area contributed by atoms with E-state index in [0.29, 0.717) is 0 Å². The summed E-state index contributed by atoms with van der Waals surface area (Å²) in [7, 11) is 0. The summed E-state index contributed by atoms with van der Waals surface area (Å²) >= 11 is 0. The number of carboxylic acids is 3. The molecular weight excluding hydrogens is 369 g/mol. The fourth-order valence-corrected chi connectivity index (χ4v) is 1.40. The van der Waals surface area contributed by atoms with E-state index in [1.807, 2.05) is 0 Å². The molecule has 150 valence electrons. The van der Waals surface area contributed by atoms with Gasteiger partial charge in [0.05, 0.1) is 6.42 Å². The molecule has 0 unspecified atom stereocenters. The topological polar surface area (TPSA) is 170 Å². The maximum Gasteiger partial charge on any atom is 0.490 e. The smallest absolute Gasteiger partial charge is 0.481 e. The first-order valence-electron chi connectivity index (χ1n) is 6.91. The number of carbonyl (C=O) groups excluding carboxylic acids is 2. The van der Waals surface area contributed by atoms with Crippen molar-refractivity contribution in [3.8, 4) is 0 Å². The van der Waals surface area contributed by atoms with Crippen LogP contribution >= 0.6 is 0 Å². The van der Waals surface area contributed by atoms with Crippen molar-refractivity contribution in [2.75, 3.05) is 0 Å². The van der Waals surface area contributed by atoms with E-state index >= 15 is 0 Å². The Labute approximate surface area is 145 Å². The molecule has 0 aromatic rings. The number of rotatable bonds is 7. The van der Waals surface area contributed by atoms with Crippen molar-refractivity contribution in [3.63, 3.8) is 0 Å². The number of nitrogens with one attached hydrogen (secondary N) is 2. The highest BCUT2D eigenvalue weighted by Gasteiger charge is 2.38. The Balaban J connectivity index is 0. The van der Waals surface area contributed by atoms with Gasteiger partial charge in [-0.15, -0.1) is 0 Å². The van der Waals surface area contributed by atoms with E-state index in [9.17, 15) is 32.3 Å². The summed E-state index contributed by atoms with van der Waals surface area (Å²) in [4.78, 5) is 53.1. The molecule has 0 saturated heterocycles. The van der Waals surface area contributed by atoms with Crippen LogP contribution in [0.1, 0.15) is 27.2 Å². The zero-order valence-corrected chi connectivity index (χ0v) is 14.0. The Hall–Kier alpha value is -2.86. The number of amides is 2. The van der Waals surface area contributed by atoms with Gasteiger partial charge in [0.15, 0.2) is 0 Å². The molecule has 2 amide bonds. The number of halogens is 3. The molecule has 2 atom stereocenters. The van der Waals surface area contributed by atoms with Gasteiger partial charge in [0, 0.05) is 6.92 Å². The van der Waals surface area contributed by atoms with Gasteiger partial charge in [0.25, 0.3) is 0 Å². The molecule has 0 saturated carbocycles. The van der Waals surface area contributed by atoms with Crippen LogP contribution in [-0.2, 0) is 24.0 Å². The van der Waals surface area contributed by atoms with Gasteiger partial charge in [-0.05, 0) is 5.92 Å². The minimum Gasteiger partial charge on any atom is -0.481 e. The van der Waals surface area contributed by atoms with Gasteiger partial charge in [-0.25, -0.2) is 9.59 Å². The average Bonchev–Trinajstić information content (AvgIpc) is 2.41. The normalized spacial score (nSPS) is 12.9. The van der Waals surface area contributed by atoms with Crippen molar-refractivity contribution < 1.29 is 52.5 Å². The summed E-state index contributed by atoms with van der Waals surface area (Å²) in [5, 5.41) is 29.1. The van der Waals surface area contributed by atoms with Crippen LogP contribution in [-0.4, -0.2) is 63.3 Å². The van der Waals surface area contributed by atoms with E-state index in [2.05, 4.69) is 10.6 Å². The summed E-state index contributed by atoms with van der Waals surface area (Å²) in [6.07, 6.45) is -5.70. The second-order valence-electron chi connectivity index (χ2n) is 5.22. The Morgan fingerprint density at radius 3 is 1.62 bits per heavy atom. The van der Waals surface area contributed by atoms with Crippen LogP contribution in [0.5, 0.6) is 0 Å². The number of hydrogen-bond donors (Lipinski definition) is 5. The molecule has 0 spiro atoms. The summed E-state index contributed by atoms with van der Waals surface area (Å²) in [6, 6.07) is -2.44. The second-order valence-corrected chi connectivity index (χ2v) is 5.22. The molecule has 0 aromatic carbocycles. The fourth-order valence-electron chi connectivity index (χ4n) is 1.40. The van der Waals surface area contributed by atoms with Crippen LogP contribution in [0.3, 0.4) is 0 Å². The van der Waals surface area contributed by atoms with Crippen LogP contribution in [0.2, 0.25) is 0 Å². The van der Waals surface area contributed by atoms with Gasteiger partial charge in [-0.1, -0.05) is 13.8 Å². The summed E-state index contributed by atoms with van der Waals surface area (Å²) in [5.74, 6) is -7.03. The molecule has 0 fully saturated rings. The number of carboxylic acid groups (broad SMARTS) is 3. The maximum absolute atomic E-state index is 11.8. The monoisotopic (exact) mass is 388 g/mol. The Morgan fingerprint density at radius 1 is 0.962 bits per heavy atom. The SMILES string of the molecule is CC(=O)N[C@@H](CC(=O)O)C(=O)N[C@H](C(=O)O)C(C)C.O=C(O)C(F)(F)F. The number of carbonyl (C=O) groups is 5. The van der Waals surface area contributed by atoms with Crippen molar-refractivity contribution in [2.45, 2.75) is 45.5 Å². The number of hydrogen-bond acceptors (Lipinski definition) is 5. The Morgan fingerprint density at radius 2 is 1.38 bits per heavy atom. The molecule has 10 nitrogen and oxygen atoms in total. The lowest BCUT2D eigenvalue weighted by atomic mass is 10.0. The average molecular weight is 388 g/mol. The first kappa shape index (κ1) is 25.4. The molecule has 0 radical (unpaired) electrons. The molecule has 0 heterocycles. The van der Waals surface area contributed by atoms with Gasteiger partial charge in [-0.3, -0.25) is 14.4 Å². The minimum absolute atomic E-state index is 0.371. The van der Waals surface area contributed by atoms with Gasteiger partial charge in [0.1, 0.15) is 12.1 Å². The summed E-state index contributed by atoms with van der Waals surface area (Å²) < 4.78 is 31.7. The van der Waals surface area contributed by atoms with Crippen LogP contribution in [0.15, 0.2) is 0 Å². The first-order valence-corrected chi connectivity index (χ1v) is 6.91. The molecule has 26 heavy (non-hydrogen) atoms. The van der Waals surface area contributed by atoms with Crippen molar-refractivity contribution in [1.82, 2.24) is 10.6 Å². The van der Waals surface area contributed by atoms with Crippen molar-refractivity contribution >= 4 is 29.7 Å². The highest BCUT2D eigenvalue weighted by Crippen LogP contribution is 2.13. The van der Waals surface area contributed by atoms with Crippen LogP contribution in [0, 0.1) is 5.92 Å². The van der Waals surface area contributed by atoms with Crippen LogP contribution in [0.25, 0.3) is 0 Å². The van der Waals surface area contributed by atoms with Crippen LogP contribution in [0.4, 0.5) is 13.2 Å². The summed E-state index contributed by atoms with van der Waals surface area (Å²) in [5.41, 5.74) is 0. The molecule has 5 N–H and O–H groups in total. The van der Waals surface area contributed by atoms with E-state index < -0.39 is 54.4 Å². The predicted octanol–water partition coefficient (Wildman–Crippen LogP) is -0.175. The zero-order valence-electron chi connectivity index (χ0n) is 14.0.